The molecule has 1 heterocycles. The van der Waals surface area contributed by atoms with Crippen LogP contribution in [0.25, 0.3) is 0 Å². The standard InChI is InChI=1S/C15H17N3OS/c1-3-13-9-18-15(20-13)10-17-8-11-4-5-14(19-2)12(6-11)7-16/h4-6,9,17H,3,8,10H2,1-2H3. The van der Waals surface area contributed by atoms with Crippen molar-refractivity contribution in [2.45, 2.75) is 26.4 Å². The van der Waals surface area contributed by atoms with Gasteiger partial charge in [0.2, 0.25) is 0 Å². The van der Waals surface area contributed by atoms with Crippen LogP contribution in [0.4, 0.5) is 0 Å². The second kappa shape index (κ2) is 7.04. The summed E-state index contributed by atoms with van der Waals surface area (Å²) in [5, 5.41) is 13.5. The van der Waals surface area contributed by atoms with Crippen LogP contribution in [-0.2, 0) is 19.5 Å². The van der Waals surface area contributed by atoms with Crippen molar-refractivity contribution in [1.82, 2.24) is 10.3 Å². The lowest BCUT2D eigenvalue weighted by Gasteiger charge is -2.06. The van der Waals surface area contributed by atoms with E-state index in [9.17, 15) is 0 Å². The van der Waals surface area contributed by atoms with Crippen molar-refractivity contribution in [2.75, 3.05) is 7.11 Å². The van der Waals surface area contributed by atoms with Gasteiger partial charge in [0.05, 0.1) is 12.7 Å². The maximum atomic E-state index is 9.05. The van der Waals surface area contributed by atoms with Crippen LogP contribution in [0.3, 0.4) is 0 Å². The number of nitrogens with zero attached hydrogens (tertiary/aromatic N) is 2. The minimum atomic E-state index is 0.564. The van der Waals surface area contributed by atoms with Crippen molar-refractivity contribution in [1.29, 1.82) is 5.26 Å². The highest BCUT2D eigenvalue weighted by Gasteiger charge is 2.04. The molecular formula is C15H17N3OS. The van der Waals surface area contributed by atoms with E-state index in [0.29, 0.717) is 17.9 Å². The summed E-state index contributed by atoms with van der Waals surface area (Å²) in [5.74, 6) is 0.615. The van der Waals surface area contributed by atoms with Gasteiger partial charge in [-0.05, 0) is 24.1 Å². The summed E-state index contributed by atoms with van der Waals surface area (Å²) >= 11 is 1.74. The van der Waals surface area contributed by atoms with Gasteiger partial charge < -0.3 is 10.1 Å². The zero-order valence-electron chi connectivity index (χ0n) is 11.6. The number of ether oxygens (including phenoxy) is 1. The molecule has 0 aliphatic rings. The number of nitriles is 1. The van der Waals surface area contributed by atoms with E-state index in [-0.39, 0.29) is 0 Å². The van der Waals surface area contributed by atoms with Crippen molar-refractivity contribution < 1.29 is 4.74 Å². The van der Waals surface area contributed by atoms with E-state index in [2.05, 4.69) is 23.3 Å². The number of aromatic nitrogens is 1. The summed E-state index contributed by atoms with van der Waals surface area (Å²) in [5.41, 5.74) is 1.63. The van der Waals surface area contributed by atoms with E-state index in [0.717, 1.165) is 23.5 Å². The topological polar surface area (TPSA) is 57.9 Å². The van der Waals surface area contributed by atoms with E-state index in [1.807, 2.05) is 24.4 Å². The van der Waals surface area contributed by atoms with E-state index in [1.54, 1.807) is 18.4 Å². The van der Waals surface area contributed by atoms with Crippen molar-refractivity contribution in [3.05, 3.63) is 45.4 Å². The number of hydrogen-bond donors (Lipinski definition) is 1. The lowest BCUT2D eigenvalue weighted by molar-refractivity contribution is 0.413. The molecule has 0 unspecified atom stereocenters. The third-order valence-electron chi connectivity index (χ3n) is 2.94. The van der Waals surface area contributed by atoms with Gasteiger partial charge in [0, 0.05) is 24.2 Å². The minimum Gasteiger partial charge on any atom is -0.495 e. The van der Waals surface area contributed by atoms with Gasteiger partial charge in [-0.2, -0.15) is 5.26 Å². The van der Waals surface area contributed by atoms with Gasteiger partial charge in [-0.1, -0.05) is 13.0 Å². The lowest BCUT2D eigenvalue weighted by Crippen LogP contribution is -2.12. The second-order valence-corrected chi connectivity index (χ2v) is 5.52. The third kappa shape index (κ3) is 3.56. The van der Waals surface area contributed by atoms with Gasteiger partial charge in [0.15, 0.2) is 0 Å². The first kappa shape index (κ1) is 14.5. The quantitative estimate of drug-likeness (QED) is 0.887. The summed E-state index contributed by atoms with van der Waals surface area (Å²) in [6.07, 6.45) is 2.96. The molecule has 5 heteroatoms. The van der Waals surface area contributed by atoms with Crippen LogP contribution in [0.15, 0.2) is 24.4 Å². The monoisotopic (exact) mass is 287 g/mol. The average molecular weight is 287 g/mol. The molecule has 104 valence electrons. The Labute approximate surface area is 123 Å². The van der Waals surface area contributed by atoms with Crippen LogP contribution < -0.4 is 10.1 Å². The predicted octanol–water partition coefficient (Wildman–Crippen LogP) is 2.88. The molecule has 0 fully saturated rings. The van der Waals surface area contributed by atoms with Gasteiger partial charge >= 0.3 is 0 Å². The molecule has 0 aliphatic carbocycles. The molecule has 0 saturated carbocycles. The molecule has 4 nitrogen and oxygen atoms in total. The van der Waals surface area contributed by atoms with E-state index >= 15 is 0 Å². The van der Waals surface area contributed by atoms with E-state index < -0.39 is 0 Å². The minimum absolute atomic E-state index is 0.564. The molecule has 20 heavy (non-hydrogen) atoms. The van der Waals surface area contributed by atoms with Gasteiger partial charge in [0.25, 0.3) is 0 Å². The summed E-state index contributed by atoms with van der Waals surface area (Å²) in [7, 11) is 1.57. The predicted molar refractivity (Wildman–Crippen MR) is 79.7 cm³/mol. The number of aryl methyl sites for hydroxylation is 1. The SMILES string of the molecule is CCc1cnc(CNCc2ccc(OC)c(C#N)c2)s1. The van der Waals surface area contributed by atoms with Crippen molar-refractivity contribution in [3.8, 4) is 11.8 Å². The normalized spacial score (nSPS) is 10.2. The Balaban J connectivity index is 1.92. The average Bonchev–Trinajstić information content (AvgIpc) is 2.95. The summed E-state index contributed by atoms with van der Waals surface area (Å²) in [6.45, 7) is 3.59. The summed E-state index contributed by atoms with van der Waals surface area (Å²) in [6, 6.07) is 7.79. The highest BCUT2D eigenvalue weighted by molar-refractivity contribution is 7.11. The van der Waals surface area contributed by atoms with E-state index in [4.69, 9.17) is 10.00 Å². The largest absolute Gasteiger partial charge is 0.495 e. The fraction of sp³-hybridized carbons (Fsp3) is 0.333. The van der Waals surface area contributed by atoms with Crippen molar-refractivity contribution >= 4 is 11.3 Å². The fourth-order valence-corrected chi connectivity index (χ4v) is 2.69. The number of thiazole rings is 1. The molecule has 0 radical (unpaired) electrons. The highest BCUT2D eigenvalue weighted by atomic mass is 32.1. The maximum absolute atomic E-state index is 9.05. The maximum Gasteiger partial charge on any atom is 0.136 e. The molecule has 0 atom stereocenters. The Morgan fingerprint density at radius 2 is 2.25 bits per heavy atom. The number of nitrogens with one attached hydrogen (secondary N) is 1. The zero-order valence-corrected chi connectivity index (χ0v) is 12.5. The smallest absolute Gasteiger partial charge is 0.136 e. The molecule has 0 saturated heterocycles. The first-order chi connectivity index (χ1) is 9.76. The number of methoxy groups -OCH3 is 1. The first-order valence-electron chi connectivity index (χ1n) is 6.48. The van der Waals surface area contributed by atoms with Gasteiger partial charge in [0.1, 0.15) is 16.8 Å². The van der Waals surface area contributed by atoms with Gasteiger partial charge in [-0.3, -0.25) is 0 Å². The Kier molecular flexibility index (Phi) is 5.10. The van der Waals surface area contributed by atoms with Gasteiger partial charge in [-0.25, -0.2) is 4.98 Å². The molecule has 1 N–H and O–H groups in total. The number of benzene rings is 1. The van der Waals surface area contributed by atoms with Crippen LogP contribution >= 0.6 is 11.3 Å². The molecule has 2 rings (SSSR count). The zero-order chi connectivity index (χ0) is 14.4. The van der Waals surface area contributed by atoms with Crippen LogP contribution in [0.2, 0.25) is 0 Å². The van der Waals surface area contributed by atoms with Crippen molar-refractivity contribution in [3.63, 3.8) is 0 Å². The third-order valence-corrected chi connectivity index (χ3v) is 4.08. The molecule has 0 amide bonds. The van der Waals surface area contributed by atoms with Crippen LogP contribution in [-0.4, -0.2) is 12.1 Å². The van der Waals surface area contributed by atoms with E-state index in [1.165, 1.54) is 4.88 Å². The molecular weight excluding hydrogens is 270 g/mol. The highest BCUT2D eigenvalue weighted by Crippen LogP contribution is 2.19. The Hall–Kier alpha value is -1.90. The fourth-order valence-electron chi connectivity index (χ4n) is 1.86. The number of hydrogen-bond acceptors (Lipinski definition) is 5. The Bertz CT molecular complexity index is 616. The van der Waals surface area contributed by atoms with Crippen LogP contribution in [0, 0.1) is 11.3 Å². The second-order valence-electron chi connectivity index (χ2n) is 4.32. The summed E-state index contributed by atoms with van der Waals surface area (Å²) < 4.78 is 5.13. The Morgan fingerprint density at radius 3 is 2.90 bits per heavy atom. The molecule has 1 aromatic heterocycles. The van der Waals surface area contributed by atoms with Gasteiger partial charge in [-0.15, -0.1) is 11.3 Å². The lowest BCUT2D eigenvalue weighted by atomic mass is 10.1. The molecule has 0 aliphatic heterocycles. The molecule has 0 spiro atoms. The van der Waals surface area contributed by atoms with Crippen LogP contribution in [0.1, 0.15) is 27.9 Å². The molecule has 0 bridgehead atoms. The Morgan fingerprint density at radius 1 is 1.40 bits per heavy atom. The molecule has 1 aromatic carbocycles. The summed E-state index contributed by atoms with van der Waals surface area (Å²) in [4.78, 5) is 5.67. The van der Waals surface area contributed by atoms with Crippen molar-refractivity contribution in [2.24, 2.45) is 0 Å². The van der Waals surface area contributed by atoms with Crippen LogP contribution in [0.5, 0.6) is 5.75 Å². The first-order valence-corrected chi connectivity index (χ1v) is 7.29. The molecule has 2 aromatic rings. The number of rotatable bonds is 6.